The standard InChI is InChI=1S/C13H20N/c1-14(2)12-8-4-7-11-13-9-5-3-6-10-13/h3,9H,5-6,8,10-12H2,1-2H3. The molecule has 1 heteroatoms. The van der Waals surface area contributed by atoms with Crippen LogP contribution in [0.15, 0.2) is 11.6 Å². The van der Waals surface area contributed by atoms with Gasteiger partial charge in [-0.15, -0.1) is 5.92 Å². The summed E-state index contributed by atoms with van der Waals surface area (Å²) in [5.41, 5.74) is 1.53. The Morgan fingerprint density at radius 3 is 2.86 bits per heavy atom. The fraction of sp³-hybridized carbons (Fsp3) is 0.615. The lowest BCUT2D eigenvalue weighted by molar-refractivity contribution is 0.420. The first-order valence-corrected chi connectivity index (χ1v) is 5.39. The molecule has 1 aliphatic rings. The van der Waals surface area contributed by atoms with Gasteiger partial charge in [-0.05, 0) is 39.8 Å². The zero-order valence-electron chi connectivity index (χ0n) is 9.34. The molecule has 0 heterocycles. The van der Waals surface area contributed by atoms with Gasteiger partial charge in [-0.3, -0.25) is 0 Å². The van der Waals surface area contributed by atoms with Crippen LogP contribution in [0.4, 0.5) is 0 Å². The van der Waals surface area contributed by atoms with Crippen LogP contribution in [-0.2, 0) is 0 Å². The van der Waals surface area contributed by atoms with Crippen LogP contribution in [0, 0.1) is 18.3 Å². The Balaban J connectivity index is 2.15. The highest BCUT2D eigenvalue weighted by Crippen LogP contribution is 2.18. The fourth-order valence-corrected chi connectivity index (χ4v) is 1.46. The van der Waals surface area contributed by atoms with Gasteiger partial charge >= 0.3 is 0 Å². The van der Waals surface area contributed by atoms with Crippen molar-refractivity contribution in [2.75, 3.05) is 20.6 Å². The first kappa shape index (κ1) is 11.3. The van der Waals surface area contributed by atoms with Crippen molar-refractivity contribution >= 4 is 0 Å². The lowest BCUT2D eigenvalue weighted by Gasteiger charge is -2.08. The van der Waals surface area contributed by atoms with E-state index < -0.39 is 0 Å². The first-order valence-electron chi connectivity index (χ1n) is 5.39. The molecule has 0 unspecified atom stereocenters. The zero-order valence-corrected chi connectivity index (χ0v) is 9.34. The molecule has 0 aromatic carbocycles. The molecule has 14 heavy (non-hydrogen) atoms. The predicted molar refractivity (Wildman–Crippen MR) is 61.8 cm³/mol. The Kier molecular flexibility index (Phi) is 5.40. The van der Waals surface area contributed by atoms with Crippen molar-refractivity contribution in [3.05, 3.63) is 18.1 Å². The van der Waals surface area contributed by atoms with Gasteiger partial charge in [0.25, 0.3) is 0 Å². The summed E-state index contributed by atoms with van der Waals surface area (Å²) in [6.07, 6.45) is 10.3. The lowest BCUT2D eigenvalue weighted by atomic mass is 9.97. The van der Waals surface area contributed by atoms with Crippen molar-refractivity contribution in [3.8, 4) is 11.8 Å². The molecule has 1 nitrogen and oxygen atoms in total. The van der Waals surface area contributed by atoms with E-state index in [1.807, 2.05) is 0 Å². The smallest absolute Gasteiger partial charge is 0.0299 e. The Morgan fingerprint density at radius 1 is 1.36 bits per heavy atom. The SMILES string of the molecule is CN(C)CCC#CCC1=CC[CH]CC1. The van der Waals surface area contributed by atoms with E-state index in [0.717, 1.165) is 25.8 Å². The van der Waals surface area contributed by atoms with Gasteiger partial charge in [-0.1, -0.05) is 17.6 Å². The Hall–Kier alpha value is -0.740. The van der Waals surface area contributed by atoms with Crippen molar-refractivity contribution < 1.29 is 0 Å². The third kappa shape index (κ3) is 5.09. The summed E-state index contributed by atoms with van der Waals surface area (Å²) in [7, 11) is 4.17. The Morgan fingerprint density at radius 2 is 2.21 bits per heavy atom. The van der Waals surface area contributed by atoms with Crippen LogP contribution in [0.1, 0.15) is 32.1 Å². The molecule has 0 saturated carbocycles. The predicted octanol–water partition coefficient (Wildman–Crippen LogP) is 2.65. The van der Waals surface area contributed by atoms with Gasteiger partial charge in [0.2, 0.25) is 0 Å². The molecule has 77 valence electrons. The number of allylic oxidation sites excluding steroid dienone is 2. The van der Waals surface area contributed by atoms with Crippen LogP contribution in [0.5, 0.6) is 0 Å². The second-order valence-corrected chi connectivity index (χ2v) is 4.01. The summed E-state index contributed by atoms with van der Waals surface area (Å²) in [4.78, 5) is 2.17. The fourth-order valence-electron chi connectivity index (χ4n) is 1.46. The van der Waals surface area contributed by atoms with E-state index in [4.69, 9.17) is 0 Å². The highest BCUT2D eigenvalue weighted by molar-refractivity contribution is 5.17. The minimum absolute atomic E-state index is 0.987. The summed E-state index contributed by atoms with van der Waals surface area (Å²) in [5, 5.41) is 0. The maximum absolute atomic E-state index is 3.25. The monoisotopic (exact) mass is 190 g/mol. The molecule has 0 N–H and O–H groups in total. The average molecular weight is 190 g/mol. The number of rotatable bonds is 3. The van der Waals surface area contributed by atoms with Gasteiger partial charge in [0.05, 0.1) is 0 Å². The maximum Gasteiger partial charge on any atom is 0.0299 e. The minimum atomic E-state index is 0.987. The number of nitrogens with zero attached hydrogens (tertiary/aromatic N) is 1. The van der Waals surface area contributed by atoms with Gasteiger partial charge in [0.1, 0.15) is 0 Å². The summed E-state index contributed by atoms with van der Waals surface area (Å²) in [6, 6.07) is 0. The minimum Gasteiger partial charge on any atom is -0.308 e. The van der Waals surface area contributed by atoms with E-state index in [9.17, 15) is 0 Å². The molecule has 0 aliphatic heterocycles. The van der Waals surface area contributed by atoms with E-state index in [0.29, 0.717) is 0 Å². The Labute approximate surface area is 88.2 Å². The molecule has 0 fully saturated rings. The second-order valence-electron chi connectivity index (χ2n) is 4.01. The van der Waals surface area contributed by atoms with Crippen molar-refractivity contribution in [1.29, 1.82) is 0 Å². The molecule has 0 bridgehead atoms. The van der Waals surface area contributed by atoms with Gasteiger partial charge in [-0.25, -0.2) is 0 Å². The summed E-state index contributed by atoms with van der Waals surface area (Å²) < 4.78 is 0. The molecule has 1 rings (SSSR count). The van der Waals surface area contributed by atoms with Crippen LogP contribution in [0.25, 0.3) is 0 Å². The van der Waals surface area contributed by atoms with E-state index in [1.165, 1.54) is 18.4 Å². The molecule has 1 aliphatic carbocycles. The quantitative estimate of drug-likeness (QED) is 0.488. The highest BCUT2D eigenvalue weighted by Gasteiger charge is 2.00. The molecule has 0 aromatic rings. The molecule has 0 aromatic heterocycles. The second kappa shape index (κ2) is 6.68. The van der Waals surface area contributed by atoms with Crippen LogP contribution < -0.4 is 0 Å². The zero-order chi connectivity index (χ0) is 10.2. The highest BCUT2D eigenvalue weighted by atomic mass is 15.0. The maximum atomic E-state index is 3.25. The molecular formula is C13H20N. The molecule has 0 atom stereocenters. The lowest BCUT2D eigenvalue weighted by Crippen LogP contribution is -2.11. The molecule has 0 saturated heterocycles. The summed E-state index contributed by atoms with van der Waals surface area (Å²) in [6.45, 7) is 1.07. The summed E-state index contributed by atoms with van der Waals surface area (Å²) >= 11 is 0. The summed E-state index contributed by atoms with van der Waals surface area (Å²) in [5.74, 6) is 6.47. The average Bonchev–Trinajstić information content (AvgIpc) is 2.18. The molecule has 1 radical (unpaired) electrons. The van der Waals surface area contributed by atoms with Gasteiger partial charge in [0.15, 0.2) is 0 Å². The third-order valence-corrected chi connectivity index (χ3v) is 2.37. The van der Waals surface area contributed by atoms with E-state index in [1.54, 1.807) is 0 Å². The van der Waals surface area contributed by atoms with Crippen LogP contribution in [0.3, 0.4) is 0 Å². The topological polar surface area (TPSA) is 3.24 Å². The number of hydrogen-bond donors (Lipinski definition) is 0. The Bertz CT molecular complexity index is 240. The van der Waals surface area contributed by atoms with Gasteiger partial charge < -0.3 is 4.90 Å². The molecule has 0 amide bonds. The van der Waals surface area contributed by atoms with E-state index >= 15 is 0 Å². The van der Waals surface area contributed by atoms with Gasteiger partial charge in [0, 0.05) is 19.4 Å². The van der Waals surface area contributed by atoms with Gasteiger partial charge in [-0.2, -0.15) is 0 Å². The van der Waals surface area contributed by atoms with Crippen LogP contribution >= 0.6 is 0 Å². The molecule has 0 spiro atoms. The number of hydrogen-bond acceptors (Lipinski definition) is 1. The molecular weight excluding hydrogens is 170 g/mol. The first-order chi connectivity index (χ1) is 6.79. The van der Waals surface area contributed by atoms with Crippen molar-refractivity contribution in [1.82, 2.24) is 4.90 Å². The van der Waals surface area contributed by atoms with Crippen LogP contribution in [-0.4, -0.2) is 25.5 Å². The van der Waals surface area contributed by atoms with E-state index in [2.05, 4.69) is 43.3 Å². The largest absolute Gasteiger partial charge is 0.308 e. The van der Waals surface area contributed by atoms with Crippen molar-refractivity contribution in [2.24, 2.45) is 0 Å². The normalized spacial score (nSPS) is 16.1. The van der Waals surface area contributed by atoms with Crippen molar-refractivity contribution in [3.63, 3.8) is 0 Å². The van der Waals surface area contributed by atoms with Crippen LogP contribution in [0.2, 0.25) is 0 Å². The van der Waals surface area contributed by atoms with E-state index in [-0.39, 0.29) is 0 Å². The third-order valence-electron chi connectivity index (χ3n) is 2.37. The van der Waals surface area contributed by atoms with Crippen molar-refractivity contribution in [2.45, 2.75) is 32.1 Å².